The zero-order valence-electron chi connectivity index (χ0n) is 20.0. The molecule has 1 heterocycles. The molecule has 10 heteroatoms. The Balaban J connectivity index is 1.66. The van der Waals surface area contributed by atoms with E-state index in [4.69, 9.17) is 4.74 Å². The fourth-order valence-corrected chi connectivity index (χ4v) is 3.71. The smallest absolute Gasteiger partial charge is 0.426 e. The van der Waals surface area contributed by atoms with Crippen LogP contribution in [0.25, 0.3) is 0 Å². The van der Waals surface area contributed by atoms with E-state index in [1.54, 1.807) is 0 Å². The molecule has 9 nitrogen and oxygen atoms in total. The second kappa shape index (κ2) is 14.2. The van der Waals surface area contributed by atoms with Crippen molar-refractivity contribution >= 4 is 19.3 Å². The first kappa shape index (κ1) is 27.2. The maximum Gasteiger partial charge on any atom is 0.469 e. The molecular formula is C26H31BN4O5. The third-order valence-electron chi connectivity index (χ3n) is 5.72. The summed E-state index contributed by atoms with van der Waals surface area (Å²) in [6.45, 7) is 0.0220. The second-order valence-corrected chi connectivity index (χ2v) is 8.58. The van der Waals surface area contributed by atoms with Gasteiger partial charge in [-0.25, -0.2) is 4.98 Å². The Morgan fingerprint density at radius 1 is 1.06 bits per heavy atom. The molecular weight excluding hydrogens is 459 g/mol. The molecule has 0 fully saturated rings. The van der Waals surface area contributed by atoms with Crippen molar-refractivity contribution in [3.05, 3.63) is 96.1 Å². The van der Waals surface area contributed by atoms with Gasteiger partial charge in [0.05, 0.1) is 19.4 Å². The molecule has 0 radical (unpaired) electrons. The highest BCUT2D eigenvalue weighted by Gasteiger charge is 2.35. The van der Waals surface area contributed by atoms with E-state index in [1.165, 1.54) is 18.6 Å². The SMILES string of the molecule is O=CC(CN[C@@H](CCCc1ccccc1)B(O)O)(COCc1ccccc1)NC(=O)c1cnccn1. The lowest BCUT2D eigenvalue weighted by atomic mass is 9.76. The average Bonchev–Trinajstić information content (AvgIpc) is 2.91. The Morgan fingerprint density at radius 2 is 1.75 bits per heavy atom. The molecule has 0 spiro atoms. The summed E-state index contributed by atoms with van der Waals surface area (Å²) >= 11 is 0. The van der Waals surface area contributed by atoms with Crippen molar-refractivity contribution in [2.24, 2.45) is 0 Å². The van der Waals surface area contributed by atoms with Crippen LogP contribution in [0, 0.1) is 0 Å². The van der Waals surface area contributed by atoms with Crippen LogP contribution in [0.1, 0.15) is 34.5 Å². The summed E-state index contributed by atoms with van der Waals surface area (Å²) in [5.41, 5.74) is 0.635. The van der Waals surface area contributed by atoms with Gasteiger partial charge in [-0.1, -0.05) is 60.7 Å². The quantitative estimate of drug-likeness (QED) is 0.185. The molecule has 2 aromatic carbocycles. The Bertz CT molecular complexity index is 1060. The summed E-state index contributed by atoms with van der Waals surface area (Å²) in [6, 6.07) is 19.3. The third kappa shape index (κ3) is 8.65. The maximum absolute atomic E-state index is 12.8. The van der Waals surface area contributed by atoms with Gasteiger partial charge in [-0.3, -0.25) is 9.78 Å². The van der Waals surface area contributed by atoms with Crippen LogP contribution in [-0.4, -0.2) is 64.0 Å². The number of nitrogens with zero attached hydrogens (tertiary/aromatic N) is 2. The number of carbonyl (C=O) groups is 2. The van der Waals surface area contributed by atoms with E-state index in [-0.39, 0.29) is 25.5 Å². The molecule has 3 rings (SSSR count). The molecule has 0 aliphatic rings. The van der Waals surface area contributed by atoms with Gasteiger partial charge in [-0.15, -0.1) is 0 Å². The van der Waals surface area contributed by atoms with Gasteiger partial charge in [-0.05, 0) is 30.4 Å². The number of hydrogen-bond acceptors (Lipinski definition) is 8. The fraction of sp³-hybridized carbons (Fsp3) is 0.308. The number of ether oxygens (including phenoxy) is 1. The minimum atomic E-state index is -1.65. The lowest BCUT2D eigenvalue weighted by Crippen LogP contribution is -2.61. The van der Waals surface area contributed by atoms with Crippen LogP contribution in [-0.2, 0) is 22.6 Å². The van der Waals surface area contributed by atoms with Crippen molar-refractivity contribution in [3.63, 3.8) is 0 Å². The summed E-state index contributed by atoms with van der Waals surface area (Å²) in [5.74, 6) is -1.30. The van der Waals surface area contributed by atoms with Crippen molar-refractivity contribution in [1.29, 1.82) is 0 Å². The molecule has 1 amide bonds. The number of amides is 1. The summed E-state index contributed by atoms with van der Waals surface area (Å²) in [5, 5.41) is 25.6. The first-order valence-electron chi connectivity index (χ1n) is 11.8. The molecule has 2 atom stereocenters. The predicted molar refractivity (Wildman–Crippen MR) is 136 cm³/mol. The monoisotopic (exact) mass is 490 g/mol. The third-order valence-corrected chi connectivity index (χ3v) is 5.72. The van der Waals surface area contributed by atoms with E-state index >= 15 is 0 Å². The van der Waals surface area contributed by atoms with Crippen LogP contribution >= 0.6 is 0 Å². The molecule has 0 aliphatic heterocycles. The Morgan fingerprint density at radius 3 is 2.36 bits per heavy atom. The van der Waals surface area contributed by atoms with Gasteiger partial charge in [0.2, 0.25) is 0 Å². The first-order chi connectivity index (χ1) is 17.5. The van der Waals surface area contributed by atoms with Gasteiger partial charge in [0, 0.05) is 24.9 Å². The Hall–Kier alpha value is -3.44. The number of aryl methyl sites for hydroxylation is 1. The van der Waals surface area contributed by atoms with E-state index in [0.717, 1.165) is 17.5 Å². The summed E-state index contributed by atoms with van der Waals surface area (Å²) in [4.78, 5) is 33.0. The molecule has 0 saturated heterocycles. The van der Waals surface area contributed by atoms with Gasteiger partial charge in [-0.2, -0.15) is 0 Å². The molecule has 0 bridgehead atoms. The number of hydrogen-bond donors (Lipinski definition) is 4. The first-order valence-corrected chi connectivity index (χ1v) is 11.8. The lowest BCUT2D eigenvalue weighted by molar-refractivity contribution is -0.115. The van der Waals surface area contributed by atoms with Gasteiger partial charge in [0.15, 0.2) is 0 Å². The number of nitrogens with one attached hydrogen (secondary N) is 2. The summed E-state index contributed by atoms with van der Waals surface area (Å²) in [7, 11) is -1.65. The minimum Gasteiger partial charge on any atom is -0.426 e. The van der Waals surface area contributed by atoms with E-state index < -0.39 is 24.5 Å². The molecule has 1 aromatic heterocycles. The number of carbonyl (C=O) groups excluding carboxylic acids is 2. The fourth-order valence-electron chi connectivity index (χ4n) is 3.71. The molecule has 36 heavy (non-hydrogen) atoms. The molecule has 0 saturated carbocycles. The molecule has 3 aromatic rings. The lowest BCUT2D eigenvalue weighted by Gasteiger charge is -2.31. The standard InChI is InChI=1S/C26H31BN4O5/c32-19-26(20-36-17-22-10-5-2-6-11-22,31-25(33)23-16-28-14-15-29-23)18-30-24(27(34)35)13-7-12-21-8-3-1-4-9-21/h1-6,8-11,14-16,19,24,30,34-35H,7,12-13,17-18,20H2,(H,31,33)/t24-,26?/m0/s1. The predicted octanol–water partition coefficient (Wildman–Crippen LogP) is 1.35. The molecule has 188 valence electrons. The van der Waals surface area contributed by atoms with Gasteiger partial charge >= 0.3 is 7.12 Å². The van der Waals surface area contributed by atoms with Crippen LogP contribution in [0.15, 0.2) is 79.3 Å². The van der Waals surface area contributed by atoms with Crippen LogP contribution in [0.4, 0.5) is 0 Å². The molecule has 1 unspecified atom stereocenters. The topological polar surface area (TPSA) is 134 Å². The highest BCUT2D eigenvalue weighted by Crippen LogP contribution is 2.11. The van der Waals surface area contributed by atoms with Crippen LogP contribution < -0.4 is 10.6 Å². The highest BCUT2D eigenvalue weighted by atomic mass is 16.5. The zero-order valence-corrected chi connectivity index (χ0v) is 20.0. The number of aromatic nitrogens is 2. The molecule has 4 N–H and O–H groups in total. The van der Waals surface area contributed by atoms with Crippen LogP contribution in [0.5, 0.6) is 0 Å². The van der Waals surface area contributed by atoms with Gasteiger partial charge < -0.3 is 30.2 Å². The van der Waals surface area contributed by atoms with E-state index in [2.05, 4.69) is 20.6 Å². The maximum atomic E-state index is 12.8. The van der Waals surface area contributed by atoms with Crippen LogP contribution in [0.3, 0.4) is 0 Å². The Labute approximate surface area is 211 Å². The van der Waals surface area contributed by atoms with E-state index in [0.29, 0.717) is 19.1 Å². The van der Waals surface area contributed by atoms with Crippen LogP contribution in [0.2, 0.25) is 0 Å². The Kier molecular flexibility index (Phi) is 10.7. The largest absolute Gasteiger partial charge is 0.469 e. The zero-order chi connectivity index (χ0) is 25.6. The van der Waals surface area contributed by atoms with Crippen molar-refractivity contribution in [2.75, 3.05) is 13.2 Å². The second-order valence-electron chi connectivity index (χ2n) is 8.58. The minimum absolute atomic E-state index is 0.0494. The van der Waals surface area contributed by atoms with Crippen molar-refractivity contribution in [2.45, 2.75) is 37.3 Å². The van der Waals surface area contributed by atoms with Gasteiger partial charge in [0.1, 0.15) is 17.5 Å². The molecule has 0 aliphatic carbocycles. The number of benzene rings is 2. The van der Waals surface area contributed by atoms with E-state index in [1.807, 2.05) is 60.7 Å². The van der Waals surface area contributed by atoms with Crippen molar-refractivity contribution in [1.82, 2.24) is 20.6 Å². The number of rotatable bonds is 15. The van der Waals surface area contributed by atoms with Crippen molar-refractivity contribution < 1.29 is 24.4 Å². The summed E-state index contributed by atoms with van der Waals surface area (Å²) in [6.07, 6.45) is 6.64. The summed E-state index contributed by atoms with van der Waals surface area (Å²) < 4.78 is 5.80. The van der Waals surface area contributed by atoms with E-state index in [9.17, 15) is 19.6 Å². The normalized spacial score (nSPS) is 13.4. The highest BCUT2D eigenvalue weighted by molar-refractivity contribution is 6.43. The van der Waals surface area contributed by atoms with Crippen molar-refractivity contribution in [3.8, 4) is 0 Å². The average molecular weight is 490 g/mol. The number of aldehydes is 1. The van der Waals surface area contributed by atoms with Gasteiger partial charge in [0.25, 0.3) is 5.91 Å².